The Bertz CT molecular complexity index is 559. The molecule has 22 heavy (non-hydrogen) atoms. The summed E-state index contributed by atoms with van der Waals surface area (Å²) in [5.74, 6) is -1.63. The number of nitrogens with one attached hydrogen (secondary N) is 2. The molecule has 122 valence electrons. The summed E-state index contributed by atoms with van der Waals surface area (Å²) in [6.07, 6.45) is -4.80. The Balaban J connectivity index is 2.60. The van der Waals surface area contributed by atoms with Crippen LogP contribution in [-0.4, -0.2) is 37.5 Å². The molecule has 0 aliphatic heterocycles. The van der Waals surface area contributed by atoms with Crippen LogP contribution in [0.25, 0.3) is 0 Å². The predicted molar refractivity (Wildman–Crippen MR) is 71.7 cm³/mol. The van der Waals surface area contributed by atoms with Crippen molar-refractivity contribution in [2.45, 2.75) is 12.6 Å². The Kier molecular flexibility index (Phi) is 5.72. The first-order chi connectivity index (χ1) is 10.1. The van der Waals surface area contributed by atoms with Crippen LogP contribution in [0.2, 0.25) is 0 Å². The molecule has 0 unspecified atom stereocenters. The molecule has 0 aromatic heterocycles. The van der Waals surface area contributed by atoms with Gasteiger partial charge in [-0.2, -0.15) is 13.2 Å². The normalized spacial score (nSPS) is 11.0. The minimum atomic E-state index is -4.85. The van der Waals surface area contributed by atoms with Gasteiger partial charge in [-0.05, 0) is 18.2 Å². The molecule has 0 atom stereocenters. The van der Waals surface area contributed by atoms with Crippen LogP contribution in [0.15, 0.2) is 18.2 Å². The van der Waals surface area contributed by atoms with E-state index in [2.05, 4.69) is 10.6 Å². The third-order valence-corrected chi connectivity index (χ3v) is 2.65. The molecule has 0 saturated heterocycles. The van der Waals surface area contributed by atoms with E-state index in [1.807, 2.05) is 0 Å². The Morgan fingerprint density at radius 2 is 1.86 bits per heavy atom. The van der Waals surface area contributed by atoms with Crippen LogP contribution in [0.5, 0.6) is 0 Å². The van der Waals surface area contributed by atoms with Crippen LogP contribution >= 0.6 is 0 Å². The first-order valence-electron chi connectivity index (χ1n) is 6.23. The van der Waals surface area contributed by atoms with Gasteiger partial charge in [0.25, 0.3) is 0 Å². The maximum atomic E-state index is 13.1. The van der Waals surface area contributed by atoms with Crippen LogP contribution < -0.4 is 10.6 Å². The standard InChI is InChI=1S/C13H15F4N3O2/c1-20(2)11(21)5-6-18-12(22)19-8-3-4-10(14)9(7-8)13(15,16)17/h3-4,7H,5-6H2,1-2H3,(H2,18,19,22). The number of anilines is 1. The van der Waals surface area contributed by atoms with Gasteiger partial charge in [0.15, 0.2) is 0 Å². The van der Waals surface area contributed by atoms with Crippen molar-refractivity contribution < 1.29 is 27.2 Å². The summed E-state index contributed by atoms with van der Waals surface area (Å²) in [5.41, 5.74) is -1.67. The van der Waals surface area contributed by atoms with E-state index < -0.39 is 23.6 Å². The van der Waals surface area contributed by atoms with Crippen LogP contribution in [0, 0.1) is 5.82 Å². The predicted octanol–water partition coefficient (Wildman–Crippen LogP) is 2.44. The summed E-state index contributed by atoms with van der Waals surface area (Å²) < 4.78 is 50.6. The number of carbonyl (C=O) groups excluding carboxylic acids is 2. The van der Waals surface area contributed by atoms with E-state index in [1.165, 1.54) is 4.90 Å². The minimum absolute atomic E-state index is 0.0240. The summed E-state index contributed by atoms with van der Waals surface area (Å²) in [6, 6.07) is 1.34. The van der Waals surface area contributed by atoms with E-state index in [0.717, 1.165) is 6.07 Å². The second kappa shape index (κ2) is 7.10. The zero-order valence-corrected chi connectivity index (χ0v) is 11.9. The molecule has 1 aromatic carbocycles. The lowest BCUT2D eigenvalue weighted by Gasteiger charge is -2.12. The van der Waals surface area contributed by atoms with Crippen molar-refractivity contribution in [3.63, 3.8) is 0 Å². The summed E-state index contributed by atoms with van der Waals surface area (Å²) >= 11 is 0. The Hall–Kier alpha value is -2.32. The molecule has 0 aliphatic rings. The first-order valence-corrected chi connectivity index (χ1v) is 6.23. The average molecular weight is 321 g/mol. The lowest BCUT2D eigenvalue weighted by atomic mass is 10.2. The van der Waals surface area contributed by atoms with Gasteiger partial charge in [0.1, 0.15) is 5.82 Å². The summed E-state index contributed by atoms with van der Waals surface area (Å²) in [6.45, 7) is 0.0240. The summed E-state index contributed by atoms with van der Waals surface area (Å²) in [5, 5.41) is 4.46. The number of benzene rings is 1. The third-order valence-electron chi connectivity index (χ3n) is 2.65. The molecule has 3 amide bonds. The zero-order chi connectivity index (χ0) is 16.9. The highest BCUT2D eigenvalue weighted by molar-refractivity contribution is 5.89. The van der Waals surface area contributed by atoms with Gasteiger partial charge in [0, 0.05) is 32.7 Å². The van der Waals surface area contributed by atoms with Crippen molar-refractivity contribution >= 4 is 17.6 Å². The fraction of sp³-hybridized carbons (Fsp3) is 0.385. The van der Waals surface area contributed by atoms with Gasteiger partial charge in [-0.1, -0.05) is 0 Å². The SMILES string of the molecule is CN(C)C(=O)CCNC(=O)Nc1ccc(F)c(C(F)(F)F)c1. The lowest BCUT2D eigenvalue weighted by Crippen LogP contribution is -2.33. The second-order valence-corrected chi connectivity index (χ2v) is 4.61. The number of amides is 3. The monoisotopic (exact) mass is 321 g/mol. The Morgan fingerprint density at radius 3 is 2.41 bits per heavy atom. The van der Waals surface area contributed by atoms with Crippen molar-refractivity contribution in [2.24, 2.45) is 0 Å². The van der Waals surface area contributed by atoms with Gasteiger partial charge in [-0.25, -0.2) is 9.18 Å². The molecule has 0 bridgehead atoms. The molecular formula is C13H15F4N3O2. The molecule has 0 radical (unpaired) electrons. The van der Waals surface area contributed by atoms with Crippen molar-refractivity contribution in [1.29, 1.82) is 0 Å². The summed E-state index contributed by atoms with van der Waals surface area (Å²) in [4.78, 5) is 24.1. The van der Waals surface area contributed by atoms with Crippen LogP contribution in [0.4, 0.5) is 28.0 Å². The topological polar surface area (TPSA) is 61.4 Å². The molecule has 1 aromatic rings. The minimum Gasteiger partial charge on any atom is -0.349 e. The largest absolute Gasteiger partial charge is 0.419 e. The van der Waals surface area contributed by atoms with Crippen LogP contribution in [0.1, 0.15) is 12.0 Å². The third kappa shape index (κ3) is 5.23. The van der Waals surface area contributed by atoms with Gasteiger partial charge >= 0.3 is 12.2 Å². The van der Waals surface area contributed by atoms with E-state index >= 15 is 0 Å². The molecule has 9 heteroatoms. The number of urea groups is 1. The van der Waals surface area contributed by atoms with Crippen molar-refractivity contribution in [3.8, 4) is 0 Å². The van der Waals surface area contributed by atoms with Gasteiger partial charge in [0.05, 0.1) is 5.56 Å². The van der Waals surface area contributed by atoms with E-state index in [9.17, 15) is 27.2 Å². The number of hydrogen-bond donors (Lipinski definition) is 2. The van der Waals surface area contributed by atoms with Crippen LogP contribution in [-0.2, 0) is 11.0 Å². The number of carbonyl (C=O) groups is 2. The fourth-order valence-corrected chi connectivity index (χ4v) is 1.50. The van der Waals surface area contributed by atoms with Crippen molar-refractivity contribution in [3.05, 3.63) is 29.6 Å². The first kappa shape index (κ1) is 17.7. The maximum Gasteiger partial charge on any atom is 0.419 e. The molecule has 0 heterocycles. The number of alkyl halides is 3. The zero-order valence-electron chi connectivity index (χ0n) is 11.9. The Morgan fingerprint density at radius 1 is 1.23 bits per heavy atom. The molecule has 0 fully saturated rings. The molecule has 0 spiro atoms. The molecule has 1 rings (SSSR count). The van der Waals surface area contributed by atoms with Gasteiger partial charge in [-0.3, -0.25) is 4.79 Å². The van der Waals surface area contributed by atoms with E-state index in [4.69, 9.17) is 0 Å². The highest BCUT2D eigenvalue weighted by atomic mass is 19.4. The van der Waals surface area contributed by atoms with Crippen LogP contribution in [0.3, 0.4) is 0 Å². The number of nitrogens with zero attached hydrogens (tertiary/aromatic N) is 1. The number of hydrogen-bond acceptors (Lipinski definition) is 2. The van der Waals surface area contributed by atoms with E-state index in [1.54, 1.807) is 14.1 Å². The van der Waals surface area contributed by atoms with Gasteiger partial charge in [0.2, 0.25) is 5.91 Å². The quantitative estimate of drug-likeness (QED) is 0.837. The van der Waals surface area contributed by atoms with E-state index in [0.29, 0.717) is 12.1 Å². The lowest BCUT2D eigenvalue weighted by molar-refractivity contribution is -0.140. The highest BCUT2D eigenvalue weighted by Crippen LogP contribution is 2.32. The smallest absolute Gasteiger partial charge is 0.349 e. The molecule has 5 nitrogen and oxygen atoms in total. The maximum absolute atomic E-state index is 13.1. The van der Waals surface area contributed by atoms with Crippen molar-refractivity contribution in [2.75, 3.05) is 26.0 Å². The van der Waals surface area contributed by atoms with Crippen molar-refractivity contribution in [1.82, 2.24) is 10.2 Å². The second-order valence-electron chi connectivity index (χ2n) is 4.61. The Labute approximate surface area is 124 Å². The molecular weight excluding hydrogens is 306 g/mol. The summed E-state index contributed by atoms with van der Waals surface area (Å²) in [7, 11) is 3.11. The highest BCUT2D eigenvalue weighted by Gasteiger charge is 2.34. The van der Waals surface area contributed by atoms with E-state index in [-0.39, 0.29) is 24.6 Å². The fourth-order valence-electron chi connectivity index (χ4n) is 1.50. The number of halogens is 4. The molecule has 0 saturated carbocycles. The number of rotatable bonds is 4. The van der Waals surface area contributed by atoms with Gasteiger partial charge < -0.3 is 15.5 Å². The average Bonchev–Trinajstić information content (AvgIpc) is 2.39. The molecule has 0 aliphatic carbocycles. The molecule has 2 N–H and O–H groups in total. The van der Waals surface area contributed by atoms with Gasteiger partial charge in [-0.15, -0.1) is 0 Å².